The quantitative estimate of drug-likeness (QED) is 0.592. The molecule has 0 unspecified atom stereocenters. The lowest BCUT2D eigenvalue weighted by molar-refractivity contribution is -0.146. The Balaban J connectivity index is 1.51. The number of nitrogens with one attached hydrogen (secondary N) is 1. The van der Waals surface area contributed by atoms with Gasteiger partial charge in [0.1, 0.15) is 11.4 Å². The molecule has 28 heavy (non-hydrogen) atoms. The van der Waals surface area contributed by atoms with E-state index in [0.717, 1.165) is 4.90 Å². The van der Waals surface area contributed by atoms with Crippen molar-refractivity contribution in [2.75, 3.05) is 6.54 Å². The molecule has 10 heteroatoms. The summed E-state index contributed by atoms with van der Waals surface area (Å²) in [5, 5.41) is 6.26. The first-order valence-electron chi connectivity index (χ1n) is 8.56. The molecule has 3 rings (SSSR count). The summed E-state index contributed by atoms with van der Waals surface area (Å²) in [5.41, 5.74) is -0.0584. The number of ether oxygens (including phenoxy) is 1. The second-order valence-electron chi connectivity index (χ2n) is 6.90. The number of benzene rings is 1. The van der Waals surface area contributed by atoms with E-state index in [1.807, 2.05) is 0 Å². The SMILES string of the molecule is Cc1ccc(-c2noc(COC(=O)CCN3C(=O)NC(C)(C)C3=O)n2)cc1F. The number of nitrogens with zero attached hydrogens (tertiary/aromatic N) is 3. The van der Waals surface area contributed by atoms with Gasteiger partial charge in [0, 0.05) is 12.1 Å². The van der Waals surface area contributed by atoms with Crippen molar-refractivity contribution in [3.63, 3.8) is 0 Å². The van der Waals surface area contributed by atoms with E-state index in [-0.39, 0.29) is 37.1 Å². The molecule has 0 radical (unpaired) electrons. The maximum absolute atomic E-state index is 13.6. The summed E-state index contributed by atoms with van der Waals surface area (Å²) in [7, 11) is 0. The largest absolute Gasteiger partial charge is 0.456 e. The van der Waals surface area contributed by atoms with Crippen molar-refractivity contribution in [1.29, 1.82) is 0 Å². The van der Waals surface area contributed by atoms with Crippen LogP contribution in [-0.2, 0) is 20.9 Å². The smallest absolute Gasteiger partial charge is 0.325 e. The fourth-order valence-corrected chi connectivity index (χ4v) is 2.60. The minimum Gasteiger partial charge on any atom is -0.456 e. The first kappa shape index (κ1) is 19.5. The van der Waals surface area contributed by atoms with Gasteiger partial charge in [-0.1, -0.05) is 17.3 Å². The van der Waals surface area contributed by atoms with Crippen molar-refractivity contribution in [3.05, 3.63) is 35.5 Å². The van der Waals surface area contributed by atoms with Crippen LogP contribution in [0.2, 0.25) is 0 Å². The number of amides is 3. The number of carbonyl (C=O) groups is 3. The molecule has 0 saturated carbocycles. The minimum absolute atomic E-state index is 0.0421. The van der Waals surface area contributed by atoms with E-state index in [4.69, 9.17) is 9.26 Å². The number of urea groups is 1. The molecule has 1 N–H and O–H groups in total. The molecule has 1 saturated heterocycles. The highest BCUT2D eigenvalue weighted by Crippen LogP contribution is 2.19. The van der Waals surface area contributed by atoms with E-state index >= 15 is 0 Å². The molecule has 0 aliphatic carbocycles. The Morgan fingerprint density at radius 2 is 2.11 bits per heavy atom. The first-order chi connectivity index (χ1) is 13.2. The van der Waals surface area contributed by atoms with Gasteiger partial charge in [-0.2, -0.15) is 4.98 Å². The second-order valence-corrected chi connectivity index (χ2v) is 6.90. The van der Waals surface area contributed by atoms with Crippen LogP contribution in [-0.4, -0.2) is 45.0 Å². The molecule has 0 spiro atoms. The van der Waals surface area contributed by atoms with Gasteiger partial charge in [-0.3, -0.25) is 14.5 Å². The van der Waals surface area contributed by atoms with E-state index in [2.05, 4.69) is 15.5 Å². The zero-order chi connectivity index (χ0) is 20.5. The fraction of sp³-hybridized carbons (Fsp3) is 0.389. The van der Waals surface area contributed by atoms with Crippen LogP contribution in [0.25, 0.3) is 11.4 Å². The van der Waals surface area contributed by atoms with E-state index in [9.17, 15) is 18.8 Å². The average Bonchev–Trinajstić information content (AvgIpc) is 3.17. The maximum atomic E-state index is 13.6. The number of esters is 1. The summed E-state index contributed by atoms with van der Waals surface area (Å²) in [5.74, 6) is -1.21. The van der Waals surface area contributed by atoms with Crippen LogP contribution in [0.4, 0.5) is 9.18 Å². The summed E-state index contributed by atoms with van der Waals surface area (Å²) in [6.45, 7) is 4.44. The molecule has 0 atom stereocenters. The van der Waals surface area contributed by atoms with Gasteiger partial charge >= 0.3 is 12.0 Å². The summed E-state index contributed by atoms with van der Waals surface area (Å²) in [6, 6.07) is 3.99. The summed E-state index contributed by atoms with van der Waals surface area (Å²) < 4.78 is 23.6. The predicted molar refractivity (Wildman–Crippen MR) is 93.2 cm³/mol. The third-order valence-corrected chi connectivity index (χ3v) is 4.24. The van der Waals surface area contributed by atoms with Crippen LogP contribution >= 0.6 is 0 Å². The van der Waals surface area contributed by atoms with Crippen LogP contribution in [0.1, 0.15) is 31.7 Å². The Bertz CT molecular complexity index is 940. The van der Waals surface area contributed by atoms with Crippen molar-refractivity contribution in [2.24, 2.45) is 0 Å². The highest BCUT2D eigenvalue weighted by Gasteiger charge is 2.44. The van der Waals surface area contributed by atoms with Gasteiger partial charge in [-0.15, -0.1) is 0 Å². The van der Waals surface area contributed by atoms with Crippen molar-refractivity contribution in [1.82, 2.24) is 20.4 Å². The Morgan fingerprint density at radius 1 is 1.36 bits per heavy atom. The number of aromatic nitrogens is 2. The average molecular weight is 390 g/mol. The zero-order valence-electron chi connectivity index (χ0n) is 15.6. The topological polar surface area (TPSA) is 115 Å². The van der Waals surface area contributed by atoms with E-state index in [1.54, 1.807) is 32.9 Å². The molecule has 0 bridgehead atoms. The van der Waals surface area contributed by atoms with Crippen LogP contribution < -0.4 is 5.32 Å². The van der Waals surface area contributed by atoms with Gasteiger partial charge in [0.05, 0.1) is 6.42 Å². The molecular formula is C18H19FN4O5. The van der Waals surface area contributed by atoms with E-state index in [1.165, 1.54) is 6.07 Å². The van der Waals surface area contributed by atoms with Crippen molar-refractivity contribution >= 4 is 17.9 Å². The number of aryl methyl sites for hydroxylation is 1. The minimum atomic E-state index is -0.989. The fourth-order valence-electron chi connectivity index (χ4n) is 2.60. The van der Waals surface area contributed by atoms with E-state index < -0.39 is 23.4 Å². The Kier molecular flexibility index (Phi) is 5.12. The van der Waals surface area contributed by atoms with Crippen molar-refractivity contribution in [2.45, 2.75) is 39.3 Å². The molecule has 1 aromatic heterocycles. The molecule has 1 fully saturated rings. The molecule has 2 heterocycles. The zero-order valence-corrected chi connectivity index (χ0v) is 15.6. The van der Waals surface area contributed by atoms with Gasteiger partial charge in [-0.05, 0) is 32.4 Å². The molecule has 148 valence electrons. The highest BCUT2D eigenvalue weighted by molar-refractivity contribution is 6.06. The van der Waals surface area contributed by atoms with Gasteiger partial charge in [0.2, 0.25) is 5.82 Å². The highest BCUT2D eigenvalue weighted by atomic mass is 19.1. The Hall–Kier alpha value is -3.30. The summed E-state index contributed by atoms with van der Waals surface area (Å²) in [4.78, 5) is 40.7. The molecule has 1 aliphatic heterocycles. The van der Waals surface area contributed by atoms with Gasteiger partial charge in [0.25, 0.3) is 11.8 Å². The number of hydrogen-bond acceptors (Lipinski definition) is 7. The molecule has 3 amide bonds. The standard InChI is InChI=1S/C18H19FN4O5/c1-10-4-5-11(8-12(10)19)15-20-13(28-22-15)9-27-14(24)6-7-23-16(25)18(2,3)21-17(23)26/h4-5,8H,6-7,9H2,1-3H3,(H,21,26). The molecular weight excluding hydrogens is 371 g/mol. The van der Waals surface area contributed by atoms with Crippen LogP contribution in [0.5, 0.6) is 0 Å². The Morgan fingerprint density at radius 3 is 2.75 bits per heavy atom. The van der Waals surface area contributed by atoms with Crippen LogP contribution in [0.3, 0.4) is 0 Å². The number of rotatable bonds is 6. The molecule has 9 nitrogen and oxygen atoms in total. The van der Waals surface area contributed by atoms with Gasteiger partial charge < -0.3 is 14.6 Å². The van der Waals surface area contributed by atoms with Gasteiger partial charge in [0.15, 0.2) is 6.61 Å². The molecule has 1 aliphatic rings. The number of carbonyl (C=O) groups excluding carboxylic acids is 3. The molecule has 2 aromatic rings. The normalized spacial score (nSPS) is 15.6. The second kappa shape index (κ2) is 7.37. The third-order valence-electron chi connectivity index (χ3n) is 4.24. The Labute approximate surface area is 159 Å². The lowest BCUT2D eigenvalue weighted by atomic mass is 10.1. The van der Waals surface area contributed by atoms with Gasteiger partial charge in [-0.25, -0.2) is 9.18 Å². The number of hydrogen-bond donors (Lipinski definition) is 1. The van der Waals surface area contributed by atoms with E-state index in [0.29, 0.717) is 11.1 Å². The van der Waals surface area contributed by atoms with Crippen molar-refractivity contribution in [3.8, 4) is 11.4 Å². The first-order valence-corrected chi connectivity index (χ1v) is 8.56. The third kappa shape index (κ3) is 4.00. The lowest BCUT2D eigenvalue weighted by Gasteiger charge is -2.15. The van der Waals surface area contributed by atoms with Crippen molar-refractivity contribution < 1.29 is 28.0 Å². The number of halogens is 1. The monoisotopic (exact) mass is 390 g/mol. The predicted octanol–water partition coefficient (Wildman–Crippen LogP) is 1.95. The van der Waals surface area contributed by atoms with Crippen LogP contribution in [0, 0.1) is 12.7 Å². The van der Waals surface area contributed by atoms with Crippen LogP contribution in [0.15, 0.2) is 22.7 Å². The summed E-state index contributed by atoms with van der Waals surface area (Å²) in [6.07, 6.45) is -0.167. The number of imide groups is 1. The maximum Gasteiger partial charge on any atom is 0.325 e. The lowest BCUT2D eigenvalue weighted by Crippen LogP contribution is -2.40. The molecule has 1 aromatic carbocycles. The summed E-state index contributed by atoms with van der Waals surface area (Å²) >= 11 is 0.